The second-order valence-corrected chi connectivity index (χ2v) is 5.74. The second-order valence-electron chi connectivity index (χ2n) is 5.74. The Bertz CT molecular complexity index is 596. The summed E-state index contributed by atoms with van der Waals surface area (Å²) in [5.41, 5.74) is 0.504. The van der Waals surface area contributed by atoms with E-state index in [0.29, 0.717) is 13.0 Å². The number of carbonyl (C=O) groups excluding carboxylic acids is 1. The molecule has 0 aromatic heterocycles. The lowest BCUT2D eigenvalue weighted by atomic mass is 9.98. The molecule has 0 bridgehead atoms. The molecule has 0 radical (unpaired) electrons. The molecule has 0 unspecified atom stereocenters. The quantitative estimate of drug-likeness (QED) is 0.733. The third kappa shape index (κ3) is 2.59. The number of aliphatic hydroxyl groups is 1. The molecule has 1 fully saturated rings. The minimum atomic E-state index is -1.29. The summed E-state index contributed by atoms with van der Waals surface area (Å²) >= 11 is 0. The SMILES string of the molecule is O=C(O)N1CCC(O)(N2CCc3ccccc3NC2=O)CC1. The van der Waals surface area contributed by atoms with E-state index in [9.17, 15) is 14.7 Å². The van der Waals surface area contributed by atoms with E-state index in [2.05, 4.69) is 5.32 Å². The lowest BCUT2D eigenvalue weighted by Gasteiger charge is -2.43. The van der Waals surface area contributed by atoms with Crippen LogP contribution in [0.15, 0.2) is 24.3 Å². The fraction of sp³-hybridized carbons (Fsp3) is 0.467. The number of hydrogen-bond donors (Lipinski definition) is 3. The van der Waals surface area contributed by atoms with Crippen molar-refractivity contribution in [1.82, 2.24) is 9.80 Å². The number of nitrogens with one attached hydrogen (secondary N) is 1. The molecule has 2 aliphatic heterocycles. The van der Waals surface area contributed by atoms with Gasteiger partial charge < -0.3 is 20.4 Å². The van der Waals surface area contributed by atoms with Crippen LogP contribution in [0.25, 0.3) is 0 Å². The highest BCUT2D eigenvalue weighted by Crippen LogP contribution is 2.30. The van der Waals surface area contributed by atoms with Crippen molar-refractivity contribution in [3.63, 3.8) is 0 Å². The van der Waals surface area contributed by atoms with Gasteiger partial charge in [0.2, 0.25) is 0 Å². The van der Waals surface area contributed by atoms with Crippen LogP contribution in [0, 0.1) is 0 Å². The Hall–Kier alpha value is -2.28. The van der Waals surface area contributed by atoms with E-state index in [1.54, 1.807) is 0 Å². The zero-order valence-corrected chi connectivity index (χ0v) is 12.2. The van der Waals surface area contributed by atoms with Gasteiger partial charge in [0, 0.05) is 38.2 Å². The summed E-state index contributed by atoms with van der Waals surface area (Å²) in [6, 6.07) is 7.23. The van der Waals surface area contributed by atoms with Crippen LogP contribution in [0.2, 0.25) is 0 Å². The fourth-order valence-electron chi connectivity index (χ4n) is 3.10. The number of carboxylic acid groups (broad SMARTS) is 1. The van der Waals surface area contributed by atoms with Crippen molar-refractivity contribution in [2.24, 2.45) is 0 Å². The highest BCUT2D eigenvalue weighted by Gasteiger charge is 2.42. The van der Waals surface area contributed by atoms with Crippen LogP contribution in [0.3, 0.4) is 0 Å². The molecule has 2 aliphatic rings. The van der Waals surface area contributed by atoms with Crippen LogP contribution < -0.4 is 5.32 Å². The van der Waals surface area contributed by atoms with Gasteiger partial charge in [-0.25, -0.2) is 9.59 Å². The van der Waals surface area contributed by atoms with Gasteiger partial charge in [-0.2, -0.15) is 0 Å². The van der Waals surface area contributed by atoms with Crippen molar-refractivity contribution in [2.45, 2.75) is 25.0 Å². The Kier molecular flexibility index (Phi) is 3.66. The summed E-state index contributed by atoms with van der Waals surface area (Å²) in [6.07, 6.45) is 0.112. The Morgan fingerprint density at radius 3 is 2.55 bits per heavy atom. The molecule has 1 aromatic rings. The van der Waals surface area contributed by atoms with Crippen molar-refractivity contribution < 1.29 is 19.8 Å². The summed E-state index contributed by atoms with van der Waals surface area (Å²) in [4.78, 5) is 26.1. The fourth-order valence-corrected chi connectivity index (χ4v) is 3.10. The van der Waals surface area contributed by atoms with E-state index < -0.39 is 11.8 Å². The van der Waals surface area contributed by atoms with E-state index in [4.69, 9.17) is 5.11 Å². The lowest BCUT2D eigenvalue weighted by Crippen LogP contribution is -2.59. The van der Waals surface area contributed by atoms with Gasteiger partial charge in [0.15, 0.2) is 0 Å². The van der Waals surface area contributed by atoms with E-state index in [1.807, 2.05) is 24.3 Å². The van der Waals surface area contributed by atoms with Gasteiger partial charge in [0.05, 0.1) is 0 Å². The first-order chi connectivity index (χ1) is 10.5. The smallest absolute Gasteiger partial charge is 0.407 e. The number of anilines is 1. The van der Waals surface area contributed by atoms with Gasteiger partial charge >= 0.3 is 12.1 Å². The molecule has 0 atom stereocenters. The zero-order valence-electron chi connectivity index (χ0n) is 12.2. The monoisotopic (exact) mass is 305 g/mol. The number of rotatable bonds is 1. The number of piperidine rings is 1. The number of para-hydroxylation sites is 1. The first kappa shape index (κ1) is 14.6. The number of likely N-dealkylation sites (tertiary alicyclic amines) is 1. The standard InChI is InChI=1S/C15H19N3O4/c19-13-16-12-4-2-1-3-11(12)5-8-18(13)15(22)6-9-17(10-7-15)14(20)21/h1-4,22H,5-10H2,(H,16,19)(H,20,21). The highest BCUT2D eigenvalue weighted by molar-refractivity contribution is 5.91. The number of benzene rings is 1. The van der Waals surface area contributed by atoms with E-state index in [-0.39, 0.29) is 32.0 Å². The number of hydrogen-bond acceptors (Lipinski definition) is 3. The molecule has 0 aliphatic carbocycles. The van der Waals surface area contributed by atoms with Crippen molar-refractivity contribution in [2.75, 3.05) is 25.0 Å². The molecule has 1 saturated heterocycles. The van der Waals surface area contributed by atoms with Crippen LogP contribution in [0.5, 0.6) is 0 Å². The van der Waals surface area contributed by atoms with Crippen molar-refractivity contribution in [3.8, 4) is 0 Å². The van der Waals surface area contributed by atoms with Crippen LogP contribution in [-0.4, -0.2) is 57.5 Å². The third-order valence-corrected chi connectivity index (χ3v) is 4.45. The Labute approximate surface area is 128 Å². The Morgan fingerprint density at radius 2 is 1.86 bits per heavy atom. The van der Waals surface area contributed by atoms with E-state index in [0.717, 1.165) is 11.3 Å². The maximum atomic E-state index is 12.4. The summed E-state index contributed by atoms with van der Waals surface area (Å²) in [5.74, 6) is 0. The van der Waals surface area contributed by atoms with E-state index >= 15 is 0 Å². The molecular formula is C15H19N3O4. The van der Waals surface area contributed by atoms with Crippen molar-refractivity contribution in [1.29, 1.82) is 0 Å². The van der Waals surface area contributed by atoms with Crippen LogP contribution >= 0.6 is 0 Å². The summed E-state index contributed by atoms with van der Waals surface area (Å²) in [7, 11) is 0. The number of fused-ring (bicyclic) bond motifs is 1. The molecule has 3 rings (SSSR count). The number of amides is 3. The average Bonchev–Trinajstić information content (AvgIpc) is 2.66. The van der Waals surface area contributed by atoms with Crippen molar-refractivity contribution >= 4 is 17.8 Å². The zero-order chi connectivity index (χ0) is 15.7. The molecule has 7 heteroatoms. The molecule has 118 valence electrons. The number of urea groups is 1. The number of carbonyl (C=O) groups is 2. The van der Waals surface area contributed by atoms with Gasteiger partial charge in [0.1, 0.15) is 5.72 Å². The molecular weight excluding hydrogens is 286 g/mol. The maximum Gasteiger partial charge on any atom is 0.407 e. The molecule has 2 heterocycles. The van der Waals surface area contributed by atoms with Crippen LogP contribution in [0.4, 0.5) is 15.3 Å². The normalized spacial score (nSPS) is 20.9. The van der Waals surface area contributed by atoms with Gasteiger partial charge in [-0.15, -0.1) is 0 Å². The maximum absolute atomic E-state index is 12.4. The molecule has 3 amide bonds. The van der Waals surface area contributed by atoms with Gasteiger partial charge in [-0.1, -0.05) is 18.2 Å². The molecule has 0 spiro atoms. The topological polar surface area (TPSA) is 93.1 Å². The first-order valence-corrected chi connectivity index (χ1v) is 7.36. The summed E-state index contributed by atoms with van der Waals surface area (Å²) in [5, 5.41) is 22.6. The van der Waals surface area contributed by atoms with Crippen LogP contribution in [-0.2, 0) is 6.42 Å². The average molecular weight is 305 g/mol. The number of nitrogens with zero attached hydrogens (tertiary/aromatic N) is 2. The predicted octanol–water partition coefficient (Wildman–Crippen LogP) is 1.54. The van der Waals surface area contributed by atoms with Gasteiger partial charge in [-0.3, -0.25) is 4.90 Å². The molecule has 22 heavy (non-hydrogen) atoms. The summed E-state index contributed by atoms with van der Waals surface area (Å²) < 4.78 is 0. The van der Waals surface area contributed by atoms with Crippen LogP contribution in [0.1, 0.15) is 18.4 Å². The minimum Gasteiger partial charge on any atom is -0.465 e. The summed E-state index contributed by atoms with van der Waals surface area (Å²) in [6.45, 7) is 0.859. The lowest BCUT2D eigenvalue weighted by molar-refractivity contribution is -0.112. The predicted molar refractivity (Wildman–Crippen MR) is 79.7 cm³/mol. The van der Waals surface area contributed by atoms with Gasteiger partial charge in [0.25, 0.3) is 0 Å². The minimum absolute atomic E-state index is 0.225. The largest absolute Gasteiger partial charge is 0.465 e. The van der Waals surface area contributed by atoms with E-state index in [1.165, 1.54) is 9.80 Å². The van der Waals surface area contributed by atoms with Crippen molar-refractivity contribution in [3.05, 3.63) is 29.8 Å². The molecule has 3 N–H and O–H groups in total. The second kappa shape index (κ2) is 5.49. The Balaban J connectivity index is 1.76. The molecule has 0 saturated carbocycles. The first-order valence-electron chi connectivity index (χ1n) is 7.36. The van der Waals surface area contributed by atoms with Gasteiger partial charge in [-0.05, 0) is 18.1 Å². The Morgan fingerprint density at radius 1 is 1.18 bits per heavy atom. The third-order valence-electron chi connectivity index (χ3n) is 4.45. The highest BCUT2D eigenvalue weighted by atomic mass is 16.4. The molecule has 1 aromatic carbocycles. The molecule has 7 nitrogen and oxygen atoms in total.